The first-order valence-corrected chi connectivity index (χ1v) is 7.73. The first-order chi connectivity index (χ1) is 10.7. The van der Waals surface area contributed by atoms with Crippen LogP contribution in [0.15, 0.2) is 41.8 Å². The maximum Gasteiger partial charge on any atom is 0.266 e. The molecule has 0 unspecified atom stereocenters. The van der Waals surface area contributed by atoms with Crippen molar-refractivity contribution in [1.29, 1.82) is 0 Å². The minimum absolute atomic E-state index is 0.112. The highest BCUT2D eigenvalue weighted by atomic mass is 32.2. The van der Waals surface area contributed by atoms with Gasteiger partial charge in [0.1, 0.15) is 4.32 Å². The van der Waals surface area contributed by atoms with Gasteiger partial charge < -0.3 is 5.11 Å². The van der Waals surface area contributed by atoms with E-state index in [1.165, 1.54) is 16.7 Å². The molecule has 1 aliphatic heterocycles. The van der Waals surface area contributed by atoms with Crippen molar-refractivity contribution in [3.63, 3.8) is 0 Å². The number of hydrogen-bond acceptors (Lipinski definition) is 6. The Labute approximate surface area is 136 Å². The molecule has 0 atom stereocenters. The van der Waals surface area contributed by atoms with E-state index in [0.717, 1.165) is 11.3 Å². The first-order valence-electron chi connectivity index (χ1n) is 6.50. The van der Waals surface area contributed by atoms with Gasteiger partial charge in [-0.2, -0.15) is 5.10 Å². The van der Waals surface area contributed by atoms with Crippen molar-refractivity contribution >= 4 is 40.3 Å². The topological polar surface area (TPSA) is 71.2 Å². The Bertz CT molecular complexity index is 742. The highest BCUT2D eigenvalue weighted by molar-refractivity contribution is 8.26. The Morgan fingerprint density at radius 1 is 1.41 bits per heavy atom. The third-order valence-electron chi connectivity index (χ3n) is 3.01. The Balaban J connectivity index is 1.83. The van der Waals surface area contributed by atoms with Crippen LogP contribution >= 0.6 is 24.0 Å². The zero-order valence-electron chi connectivity index (χ0n) is 11.4. The summed E-state index contributed by atoms with van der Waals surface area (Å²) in [6, 6.07) is 3.72. The largest absolute Gasteiger partial charge is 0.395 e. The molecular weight excluding hydrogens is 320 g/mol. The molecule has 22 heavy (non-hydrogen) atoms. The predicted molar refractivity (Wildman–Crippen MR) is 88.3 cm³/mol. The number of pyridine rings is 1. The van der Waals surface area contributed by atoms with Gasteiger partial charge in [0.05, 0.1) is 36.1 Å². The molecule has 112 valence electrons. The summed E-state index contributed by atoms with van der Waals surface area (Å²) in [6.45, 7) is 0.107. The Morgan fingerprint density at radius 3 is 3.00 bits per heavy atom. The number of β-amino-alcohol motifs (C(OH)–C–C–N with tert-alkyl or cyclic N) is 1. The summed E-state index contributed by atoms with van der Waals surface area (Å²) in [5.41, 5.74) is 1.64. The number of nitrogens with zero attached hydrogens (tertiary/aromatic N) is 4. The number of thiocarbonyl (C=S) groups is 1. The Hall–Kier alpha value is -2.03. The maximum atomic E-state index is 12.2. The third-order valence-corrected chi connectivity index (χ3v) is 4.39. The standard InChI is InChI=1S/C14H12N4O2S2/c19-5-4-17-13(20)12(22-14(17)21)6-10-7-16-18(9-10)11-2-1-3-15-8-11/h1-3,6-9,19H,4-5H2/b12-6-. The van der Waals surface area contributed by atoms with E-state index in [1.54, 1.807) is 29.3 Å². The average Bonchev–Trinajstić information content (AvgIpc) is 3.09. The number of amides is 1. The van der Waals surface area contributed by atoms with Gasteiger partial charge in [0.25, 0.3) is 5.91 Å². The molecule has 0 saturated carbocycles. The SMILES string of the molecule is O=C1/C(=C/c2cnn(-c3cccnc3)c2)SC(=S)N1CCO. The molecular formula is C14H12N4O2S2. The molecule has 2 aromatic rings. The van der Waals surface area contributed by atoms with Gasteiger partial charge in [0.2, 0.25) is 0 Å². The van der Waals surface area contributed by atoms with Crippen molar-refractivity contribution < 1.29 is 9.90 Å². The molecule has 1 saturated heterocycles. The molecule has 8 heteroatoms. The molecule has 1 fully saturated rings. The number of aromatic nitrogens is 3. The fraction of sp³-hybridized carbons (Fsp3) is 0.143. The van der Waals surface area contributed by atoms with Gasteiger partial charge in [-0.3, -0.25) is 14.7 Å². The summed E-state index contributed by atoms with van der Waals surface area (Å²) in [5.74, 6) is -0.182. The van der Waals surface area contributed by atoms with E-state index in [1.807, 2.05) is 18.3 Å². The molecule has 6 nitrogen and oxygen atoms in total. The molecule has 0 aliphatic carbocycles. The lowest BCUT2D eigenvalue weighted by molar-refractivity contribution is -0.122. The first kappa shape index (κ1) is 14.9. The number of aliphatic hydroxyl groups is 1. The van der Waals surface area contributed by atoms with Crippen LogP contribution in [-0.2, 0) is 4.79 Å². The van der Waals surface area contributed by atoms with Gasteiger partial charge in [-0.15, -0.1) is 0 Å². The zero-order chi connectivity index (χ0) is 15.5. The van der Waals surface area contributed by atoms with Crippen molar-refractivity contribution in [2.24, 2.45) is 0 Å². The van der Waals surface area contributed by atoms with Gasteiger partial charge in [0.15, 0.2) is 0 Å². The molecule has 3 rings (SSSR count). The molecule has 1 amide bonds. The summed E-state index contributed by atoms with van der Waals surface area (Å²) < 4.78 is 2.15. The van der Waals surface area contributed by atoms with Crippen LogP contribution in [0.25, 0.3) is 11.8 Å². The van der Waals surface area contributed by atoms with Crippen molar-refractivity contribution in [3.05, 3.63) is 47.4 Å². The van der Waals surface area contributed by atoms with Crippen molar-refractivity contribution in [2.45, 2.75) is 0 Å². The second kappa shape index (κ2) is 6.39. The lowest BCUT2D eigenvalue weighted by atomic mass is 10.3. The van der Waals surface area contributed by atoms with E-state index in [4.69, 9.17) is 17.3 Å². The van der Waals surface area contributed by atoms with Crippen LogP contribution in [0.1, 0.15) is 5.56 Å². The highest BCUT2D eigenvalue weighted by Gasteiger charge is 2.31. The summed E-state index contributed by atoms with van der Waals surface area (Å²) in [6.07, 6.45) is 8.63. The number of carbonyl (C=O) groups is 1. The smallest absolute Gasteiger partial charge is 0.266 e. The number of carbonyl (C=O) groups excluding carboxylic acids is 1. The van der Waals surface area contributed by atoms with Crippen LogP contribution in [0.5, 0.6) is 0 Å². The lowest BCUT2D eigenvalue weighted by Crippen LogP contribution is -2.30. The van der Waals surface area contributed by atoms with Crippen LogP contribution in [-0.4, -0.2) is 48.2 Å². The van der Waals surface area contributed by atoms with Gasteiger partial charge in [-0.05, 0) is 18.2 Å². The molecule has 3 heterocycles. The fourth-order valence-electron chi connectivity index (χ4n) is 1.99. The van der Waals surface area contributed by atoms with Gasteiger partial charge in [-0.1, -0.05) is 24.0 Å². The summed E-state index contributed by atoms with van der Waals surface area (Å²) in [5, 5.41) is 13.2. The summed E-state index contributed by atoms with van der Waals surface area (Å²) >= 11 is 6.38. The second-order valence-electron chi connectivity index (χ2n) is 4.49. The monoisotopic (exact) mass is 332 g/mol. The molecule has 0 aromatic carbocycles. The number of hydrogen-bond donors (Lipinski definition) is 1. The zero-order valence-corrected chi connectivity index (χ0v) is 13.0. The third kappa shape index (κ3) is 2.94. The minimum atomic E-state index is -0.182. The van der Waals surface area contributed by atoms with Crippen LogP contribution in [0, 0.1) is 0 Å². The van der Waals surface area contributed by atoms with E-state index < -0.39 is 0 Å². The van der Waals surface area contributed by atoms with Crippen LogP contribution in [0.2, 0.25) is 0 Å². The lowest BCUT2D eigenvalue weighted by Gasteiger charge is -2.11. The number of aliphatic hydroxyl groups excluding tert-OH is 1. The summed E-state index contributed by atoms with van der Waals surface area (Å²) in [7, 11) is 0. The quantitative estimate of drug-likeness (QED) is 0.675. The van der Waals surface area contributed by atoms with Gasteiger partial charge in [-0.25, -0.2) is 4.68 Å². The molecule has 0 bridgehead atoms. The highest BCUT2D eigenvalue weighted by Crippen LogP contribution is 2.32. The minimum Gasteiger partial charge on any atom is -0.395 e. The van der Waals surface area contributed by atoms with Crippen LogP contribution < -0.4 is 0 Å². The molecule has 0 radical (unpaired) electrons. The van der Waals surface area contributed by atoms with Gasteiger partial charge >= 0.3 is 0 Å². The van der Waals surface area contributed by atoms with E-state index in [0.29, 0.717) is 9.23 Å². The molecule has 0 spiro atoms. The number of thioether (sulfide) groups is 1. The van der Waals surface area contributed by atoms with E-state index >= 15 is 0 Å². The van der Waals surface area contributed by atoms with E-state index in [2.05, 4.69) is 10.1 Å². The van der Waals surface area contributed by atoms with Gasteiger partial charge in [0, 0.05) is 18.0 Å². The molecule has 1 N–H and O–H groups in total. The van der Waals surface area contributed by atoms with E-state index in [9.17, 15) is 4.79 Å². The van der Waals surface area contributed by atoms with Crippen molar-refractivity contribution in [3.8, 4) is 5.69 Å². The maximum absolute atomic E-state index is 12.2. The van der Waals surface area contributed by atoms with Crippen LogP contribution in [0.3, 0.4) is 0 Å². The predicted octanol–water partition coefficient (Wildman–Crippen LogP) is 1.46. The molecule has 1 aliphatic rings. The van der Waals surface area contributed by atoms with Crippen LogP contribution in [0.4, 0.5) is 0 Å². The second-order valence-corrected chi connectivity index (χ2v) is 6.16. The van der Waals surface area contributed by atoms with E-state index in [-0.39, 0.29) is 19.1 Å². The average molecular weight is 332 g/mol. The number of rotatable bonds is 4. The van der Waals surface area contributed by atoms with Crippen molar-refractivity contribution in [1.82, 2.24) is 19.7 Å². The molecule has 2 aromatic heterocycles. The Kier molecular flexibility index (Phi) is 4.32. The fourth-order valence-corrected chi connectivity index (χ4v) is 3.29. The Morgan fingerprint density at radius 2 is 2.27 bits per heavy atom. The van der Waals surface area contributed by atoms with Crippen molar-refractivity contribution in [2.75, 3.05) is 13.2 Å². The summed E-state index contributed by atoms with van der Waals surface area (Å²) in [4.78, 5) is 18.2. The normalized spacial score (nSPS) is 16.8.